The van der Waals surface area contributed by atoms with Crippen molar-refractivity contribution in [2.45, 2.75) is 32.4 Å². The number of aromatic nitrogens is 2. The maximum Gasteiger partial charge on any atom is 0.137 e. The zero-order valence-corrected chi connectivity index (χ0v) is 17.6. The first-order chi connectivity index (χ1) is 13.4. The van der Waals surface area contributed by atoms with Gasteiger partial charge in [-0.05, 0) is 76.8 Å². The number of nitrogens with two attached hydrogens (primary N) is 1. The molecule has 28 heavy (non-hydrogen) atoms. The molecule has 2 N–H and O–H groups in total. The Hall–Kier alpha value is -2.08. The number of pyridine rings is 1. The van der Waals surface area contributed by atoms with Crippen LogP contribution in [0, 0.1) is 6.92 Å². The Morgan fingerprint density at radius 3 is 2.68 bits per heavy atom. The Labute approximate surface area is 171 Å². The third-order valence-electron chi connectivity index (χ3n) is 5.88. The zero-order chi connectivity index (χ0) is 19.8. The first kappa shape index (κ1) is 19.2. The topological polar surface area (TPSA) is 49.8 Å². The minimum absolute atomic E-state index is 0.586. The van der Waals surface area contributed by atoms with Gasteiger partial charge in [0.15, 0.2) is 0 Å². The summed E-state index contributed by atoms with van der Waals surface area (Å²) >= 11 is 6.25. The Morgan fingerprint density at radius 1 is 1.21 bits per heavy atom. The van der Waals surface area contributed by atoms with Crippen molar-refractivity contribution in [1.82, 2.24) is 19.2 Å². The van der Waals surface area contributed by atoms with Gasteiger partial charge in [-0.2, -0.15) is 0 Å². The van der Waals surface area contributed by atoms with Gasteiger partial charge >= 0.3 is 0 Å². The van der Waals surface area contributed by atoms with Crippen LogP contribution in [0.5, 0.6) is 0 Å². The SMILES string of the molecule is Cc1cc(-c2nc3ccc(N)cn3c2CN(C)C2CCN(C)CC2)ccc1Cl. The smallest absolute Gasteiger partial charge is 0.137 e. The lowest BCUT2D eigenvalue weighted by atomic mass is 10.0. The number of anilines is 1. The molecule has 1 aliphatic rings. The van der Waals surface area contributed by atoms with Crippen LogP contribution in [-0.4, -0.2) is 52.4 Å². The van der Waals surface area contributed by atoms with Crippen LogP contribution in [0.25, 0.3) is 16.9 Å². The predicted octanol–water partition coefficient (Wildman–Crippen LogP) is 4.07. The predicted molar refractivity (Wildman–Crippen MR) is 117 cm³/mol. The van der Waals surface area contributed by atoms with E-state index in [1.807, 2.05) is 31.3 Å². The third-order valence-corrected chi connectivity index (χ3v) is 6.31. The van der Waals surface area contributed by atoms with Gasteiger partial charge in [0.2, 0.25) is 0 Å². The van der Waals surface area contributed by atoms with Crippen molar-refractivity contribution in [3.63, 3.8) is 0 Å². The number of likely N-dealkylation sites (tertiary alicyclic amines) is 1. The number of benzene rings is 1. The monoisotopic (exact) mass is 397 g/mol. The van der Waals surface area contributed by atoms with E-state index in [9.17, 15) is 0 Å². The highest BCUT2D eigenvalue weighted by Crippen LogP contribution is 2.30. The van der Waals surface area contributed by atoms with E-state index in [1.54, 1.807) is 0 Å². The van der Waals surface area contributed by atoms with Gasteiger partial charge < -0.3 is 15.0 Å². The van der Waals surface area contributed by atoms with Gasteiger partial charge in [0.25, 0.3) is 0 Å². The fourth-order valence-corrected chi connectivity index (χ4v) is 4.20. The molecule has 0 amide bonds. The standard InChI is InChI=1S/C22H28ClN5/c1-15-12-16(4-6-19(15)23)22-20(28-13-17(24)5-7-21(28)25-22)14-27(3)18-8-10-26(2)11-9-18/h4-7,12-13,18H,8-11,14,24H2,1-3H3. The summed E-state index contributed by atoms with van der Waals surface area (Å²) in [5.41, 5.74) is 12.1. The normalized spacial score (nSPS) is 16.3. The molecule has 5 nitrogen and oxygen atoms in total. The molecule has 0 bridgehead atoms. The van der Waals surface area contributed by atoms with E-state index in [0.717, 1.165) is 52.8 Å². The molecule has 0 aliphatic carbocycles. The summed E-state index contributed by atoms with van der Waals surface area (Å²) in [7, 11) is 4.42. The van der Waals surface area contributed by atoms with Crippen LogP contribution in [-0.2, 0) is 6.54 Å². The highest BCUT2D eigenvalue weighted by Gasteiger charge is 2.23. The van der Waals surface area contributed by atoms with Crippen molar-refractivity contribution >= 4 is 22.9 Å². The molecule has 0 spiro atoms. The minimum atomic E-state index is 0.586. The molecule has 0 saturated carbocycles. The van der Waals surface area contributed by atoms with E-state index >= 15 is 0 Å². The lowest BCUT2D eigenvalue weighted by Crippen LogP contribution is -2.41. The van der Waals surface area contributed by atoms with Crippen molar-refractivity contribution in [1.29, 1.82) is 0 Å². The van der Waals surface area contributed by atoms with E-state index in [-0.39, 0.29) is 0 Å². The molecule has 4 rings (SSSR count). The number of piperidine rings is 1. The molecule has 3 heterocycles. The summed E-state index contributed by atoms with van der Waals surface area (Å²) < 4.78 is 2.14. The van der Waals surface area contributed by atoms with Gasteiger partial charge in [0.1, 0.15) is 5.65 Å². The second-order valence-electron chi connectivity index (χ2n) is 8.01. The number of hydrogen-bond acceptors (Lipinski definition) is 4. The molecule has 1 saturated heterocycles. The van der Waals surface area contributed by atoms with Gasteiger partial charge in [0, 0.05) is 35.1 Å². The number of nitrogens with zero attached hydrogens (tertiary/aromatic N) is 4. The van der Waals surface area contributed by atoms with Crippen LogP contribution in [0.2, 0.25) is 5.02 Å². The summed E-state index contributed by atoms with van der Waals surface area (Å²) in [6.07, 6.45) is 4.37. The molecular weight excluding hydrogens is 370 g/mol. The van der Waals surface area contributed by atoms with Crippen LogP contribution in [0.1, 0.15) is 24.1 Å². The second kappa shape index (κ2) is 7.74. The molecule has 0 unspecified atom stereocenters. The summed E-state index contributed by atoms with van der Waals surface area (Å²) in [6.45, 7) is 5.16. The molecular formula is C22H28ClN5. The van der Waals surface area contributed by atoms with Crippen LogP contribution in [0.3, 0.4) is 0 Å². The van der Waals surface area contributed by atoms with Gasteiger partial charge in [0.05, 0.1) is 11.4 Å². The number of rotatable bonds is 4. The number of aryl methyl sites for hydroxylation is 1. The van der Waals surface area contributed by atoms with E-state index < -0.39 is 0 Å². The van der Waals surface area contributed by atoms with Crippen LogP contribution in [0.4, 0.5) is 5.69 Å². The summed E-state index contributed by atoms with van der Waals surface area (Å²) in [6, 6.07) is 10.6. The quantitative estimate of drug-likeness (QED) is 0.720. The summed E-state index contributed by atoms with van der Waals surface area (Å²) in [5, 5.41) is 0.779. The fourth-order valence-electron chi connectivity index (χ4n) is 4.09. The van der Waals surface area contributed by atoms with Crippen molar-refractivity contribution in [3.8, 4) is 11.3 Å². The van der Waals surface area contributed by atoms with Gasteiger partial charge in [-0.1, -0.05) is 17.7 Å². The minimum Gasteiger partial charge on any atom is -0.398 e. The highest BCUT2D eigenvalue weighted by atomic mass is 35.5. The van der Waals surface area contributed by atoms with Crippen molar-refractivity contribution in [2.24, 2.45) is 0 Å². The summed E-state index contributed by atoms with van der Waals surface area (Å²) in [5.74, 6) is 0. The van der Waals surface area contributed by atoms with Crippen molar-refractivity contribution in [3.05, 3.63) is 52.8 Å². The Kier molecular flexibility index (Phi) is 5.32. The van der Waals surface area contributed by atoms with Crippen LogP contribution in [0.15, 0.2) is 36.5 Å². The molecule has 0 atom stereocenters. The molecule has 0 radical (unpaired) electrons. The Morgan fingerprint density at radius 2 is 1.96 bits per heavy atom. The Bertz CT molecular complexity index is 988. The van der Waals surface area contributed by atoms with Gasteiger partial charge in [-0.15, -0.1) is 0 Å². The van der Waals surface area contributed by atoms with Crippen LogP contribution < -0.4 is 5.73 Å². The number of fused-ring (bicyclic) bond motifs is 1. The Balaban J connectivity index is 1.74. The van der Waals surface area contributed by atoms with Crippen molar-refractivity contribution < 1.29 is 0 Å². The largest absolute Gasteiger partial charge is 0.398 e. The molecule has 6 heteroatoms. The van der Waals surface area contributed by atoms with E-state index in [4.69, 9.17) is 22.3 Å². The molecule has 1 aromatic carbocycles. The fraction of sp³-hybridized carbons (Fsp3) is 0.409. The van der Waals surface area contributed by atoms with E-state index in [0.29, 0.717) is 6.04 Å². The van der Waals surface area contributed by atoms with E-state index in [1.165, 1.54) is 18.5 Å². The molecule has 3 aromatic rings. The van der Waals surface area contributed by atoms with E-state index in [2.05, 4.69) is 40.4 Å². The van der Waals surface area contributed by atoms with Crippen LogP contribution >= 0.6 is 11.6 Å². The number of hydrogen-bond donors (Lipinski definition) is 1. The number of nitrogen functional groups attached to an aromatic ring is 1. The lowest BCUT2D eigenvalue weighted by molar-refractivity contribution is 0.138. The molecule has 1 aliphatic heterocycles. The first-order valence-corrected chi connectivity index (χ1v) is 10.2. The molecule has 148 valence electrons. The summed E-state index contributed by atoms with van der Waals surface area (Å²) in [4.78, 5) is 9.80. The zero-order valence-electron chi connectivity index (χ0n) is 16.8. The average Bonchev–Trinajstić information content (AvgIpc) is 3.02. The lowest BCUT2D eigenvalue weighted by Gasteiger charge is -2.35. The van der Waals surface area contributed by atoms with Gasteiger partial charge in [-0.25, -0.2) is 4.98 Å². The average molecular weight is 398 g/mol. The van der Waals surface area contributed by atoms with Gasteiger partial charge in [-0.3, -0.25) is 4.90 Å². The molecule has 1 fully saturated rings. The number of imidazole rings is 1. The second-order valence-corrected chi connectivity index (χ2v) is 8.42. The maximum absolute atomic E-state index is 6.25. The third kappa shape index (κ3) is 3.75. The molecule has 2 aromatic heterocycles. The highest BCUT2D eigenvalue weighted by molar-refractivity contribution is 6.31. The maximum atomic E-state index is 6.25. The number of halogens is 1. The van der Waals surface area contributed by atoms with Crippen molar-refractivity contribution in [2.75, 3.05) is 32.9 Å². The first-order valence-electron chi connectivity index (χ1n) is 9.84.